The fourth-order valence-corrected chi connectivity index (χ4v) is 1.29. The lowest BCUT2D eigenvalue weighted by molar-refractivity contribution is 0.0592. The molecule has 0 bridgehead atoms. The Labute approximate surface area is 89.5 Å². The summed E-state index contributed by atoms with van der Waals surface area (Å²) in [6, 6.07) is 1.68. The van der Waals surface area contributed by atoms with Crippen molar-refractivity contribution in [2.45, 2.75) is 20.4 Å². The molecule has 0 atom stereocenters. The zero-order chi connectivity index (χ0) is 11.4. The molecule has 0 aliphatic rings. The first-order chi connectivity index (χ1) is 7.08. The molecule has 1 heterocycles. The summed E-state index contributed by atoms with van der Waals surface area (Å²) < 4.78 is 6.37. The molecule has 0 saturated heterocycles. The highest BCUT2D eigenvalue weighted by molar-refractivity contribution is 5.87. The molecular weight excluding hydrogens is 192 g/mol. The van der Waals surface area contributed by atoms with Crippen molar-refractivity contribution in [3.63, 3.8) is 0 Å². The second-order valence-electron chi connectivity index (χ2n) is 3.73. The lowest BCUT2D eigenvalue weighted by Gasteiger charge is -2.06. The summed E-state index contributed by atoms with van der Waals surface area (Å²) in [6.45, 7) is 8.63. The molecule has 0 unspecified atom stereocenters. The molecule has 0 aliphatic heterocycles. The number of carbonyl (C=O) groups excluding carboxylic acids is 1. The highest BCUT2D eigenvalue weighted by Gasteiger charge is 2.13. The number of esters is 1. The summed E-state index contributed by atoms with van der Waals surface area (Å²) >= 11 is 0. The Morgan fingerprint density at radius 3 is 2.87 bits per heavy atom. The van der Waals surface area contributed by atoms with Gasteiger partial charge in [-0.05, 0) is 18.1 Å². The Hall–Kier alpha value is -1.58. The molecule has 0 aliphatic carbocycles. The fourth-order valence-electron chi connectivity index (χ4n) is 1.29. The van der Waals surface area contributed by atoms with Crippen LogP contribution in [0, 0.1) is 5.92 Å². The minimum atomic E-state index is -0.416. The van der Waals surface area contributed by atoms with E-state index < -0.39 is 5.97 Å². The molecule has 15 heavy (non-hydrogen) atoms. The maximum Gasteiger partial charge on any atom is 0.358 e. The summed E-state index contributed by atoms with van der Waals surface area (Å²) in [5.41, 5.74) is 1.16. The van der Waals surface area contributed by atoms with Crippen LogP contribution < -0.4 is 0 Å². The van der Waals surface area contributed by atoms with Crippen molar-refractivity contribution in [1.29, 1.82) is 0 Å². The maximum absolute atomic E-state index is 11.2. The smallest absolute Gasteiger partial charge is 0.358 e. The van der Waals surface area contributed by atoms with E-state index in [1.165, 1.54) is 7.11 Å². The van der Waals surface area contributed by atoms with Crippen molar-refractivity contribution in [3.05, 3.63) is 24.0 Å². The number of methoxy groups -OCH3 is 1. The van der Waals surface area contributed by atoms with Crippen LogP contribution in [0.15, 0.2) is 12.6 Å². The Bertz CT molecular complexity index is 367. The lowest BCUT2D eigenvalue weighted by Crippen LogP contribution is -2.09. The first-order valence-corrected chi connectivity index (χ1v) is 4.87. The van der Waals surface area contributed by atoms with E-state index in [-0.39, 0.29) is 0 Å². The van der Waals surface area contributed by atoms with Gasteiger partial charge in [0.2, 0.25) is 0 Å². The zero-order valence-electron chi connectivity index (χ0n) is 9.36. The average molecular weight is 208 g/mol. The third-order valence-electron chi connectivity index (χ3n) is 1.95. The molecule has 0 amide bonds. The quantitative estimate of drug-likeness (QED) is 0.710. The van der Waals surface area contributed by atoms with E-state index in [9.17, 15) is 4.79 Å². The normalized spacial score (nSPS) is 10.4. The van der Waals surface area contributed by atoms with Gasteiger partial charge >= 0.3 is 5.97 Å². The van der Waals surface area contributed by atoms with Crippen LogP contribution in [0.2, 0.25) is 0 Å². The average Bonchev–Trinajstić information content (AvgIpc) is 2.59. The molecule has 1 rings (SSSR count). The topological polar surface area (TPSA) is 44.1 Å². The Balaban J connectivity index is 3.00. The number of rotatable bonds is 4. The van der Waals surface area contributed by atoms with E-state index in [2.05, 4.69) is 30.3 Å². The van der Waals surface area contributed by atoms with E-state index in [0.29, 0.717) is 11.6 Å². The van der Waals surface area contributed by atoms with Gasteiger partial charge in [0.05, 0.1) is 12.8 Å². The lowest BCUT2D eigenvalue weighted by atomic mass is 10.2. The summed E-state index contributed by atoms with van der Waals surface area (Å²) in [5, 5.41) is 4.16. The molecule has 4 heteroatoms. The zero-order valence-corrected chi connectivity index (χ0v) is 9.36. The van der Waals surface area contributed by atoms with Crippen molar-refractivity contribution < 1.29 is 9.53 Å². The van der Waals surface area contributed by atoms with Crippen LogP contribution in [0.5, 0.6) is 0 Å². The van der Waals surface area contributed by atoms with Crippen molar-refractivity contribution in [3.8, 4) is 0 Å². The summed E-state index contributed by atoms with van der Waals surface area (Å²) in [5.74, 6) is 0.0507. The van der Waals surface area contributed by atoms with Crippen LogP contribution in [-0.2, 0) is 11.3 Å². The van der Waals surface area contributed by atoms with Crippen molar-refractivity contribution in [2.24, 2.45) is 5.92 Å². The second-order valence-corrected chi connectivity index (χ2v) is 3.73. The first kappa shape index (κ1) is 11.5. The van der Waals surface area contributed by atoms with Gasteiger partial charge in [-0.25, -0.2) is 4.79 Å². The van der Waals surface area contributed by atoms with Crippen LogP contribution in [0.3, 0.4) is 0 Å². The van der Waals surface area contributed by atoms with Gasteiger partial charge in [0.15, 0.2) is 5.69 Å². The van der Waals surface area contributed by atoms with Crippen LogP contribution >= 0.6 is 0 Å². The molecule has 0 N–H and O–H groups in total. The number of aromatic nitrogens is 2. The monoisotopic (exact) mass is 208 g/mol. The summed E-state index contributed by atoms with van der Waals surface area (Å²) in [6.07, 6.45) is 1.68. The SMILES string of the molecule is C=Cc1cc(C(=O)OC)nn1CC(C)C. The van der Waals surface area contributed by atoms with Crippen molar-refractivity contribution >= 4 is 12.0 Å². The van der Waals surface area contributed by atoms with E-state index in [1.807, 2.05) is 0 Å². The highest BCUT2D eigenvalue weighted by Crippen LogP contribution is 2.09. The van der Waals surface area contributed by atoms with Crippen LogP contribution in [0.25, 0.3) is 6.08 Å². The second kappa shape index (κ2) is 4.77. The van der Waals surface area contributed by atoms with Gasteiger partial charge in [0, 0.05) is 6.54 Å². The van der Waals surface area contributed by atoms with E-state index >= 15 is 0 Å². The third-order valence-corrected chi connectivity index (χ3v) is 1.95. The molecule has 0 fully saturated rings. The highest BCUT2D eigenvalue weighted by atomic mass is 16.5. The number of hydrogen-bond acceptors (Lipinski definition) is 3. The molecule has 0 radical (unpaired) electrons. The standard InChI is InChI=1S/C11H16N2O2/c1-5-9-6-10(11(14)15-4)12-13(9)7-8(2)3/h5-6,8H,1,7H2,2-4H3. The fraction of sp³-hybridized carbons (Fsp3) is 0.455. The molecule has 4 nitrogen and oxygen atoms in total. The predicted molar refractivity (Wildman–Crippen MR) is 58.5 cm³/mol. The van der Waals surface area contributed by atoms with Gasteiger partial charge in [-0.3, -0.25) is 4.68 Å². The van der Waals surface area contributed by atoms with Gasteiger partial charge in [-0.1, -0.05) is 20.4 Å². The van der Waals surface area contributed by atoms with Crippen LogP contribution in [0.1, 0.15) is 30.0 Å². The van der Waals surface area contributed by atoms with E-state index in [4.69, 9.17) is 0 Å². The minimum Gasteiger partial charge on any atom is -0.464 e. The predicted octanol–water partition coefficient (Wildman–Crippen LogP) is 1.97. The molecule has 82 valence electrons. The van der Waals surface area contributed by atoms with Crippen LogP contribution in [-0.4, -0.2) is 22.9 Å². The summed E-state index contributed by atoms with van der Waals surface area (Å²) in [7, 11) is 1.34. The molecular formula is C11H16N2O2. The Kier molecular flexibility index (Phi) is 3.66. The third kappa shape index (κ3) is 2.68. The first-order valence-electron chi connectivity index (χ1n) is 4.87. The Morgan fingerprint density at radius 2 is 2.40 bits per heavy atom. The van der Waals surface area contributed by atoms with Crippen molar-refractivity contribution in [1.82, 2.24) is 9.78 Å². The summed E-state index contributed by atoms with van der Waals surface area (Å²) in [4.78, 5) is 11.2. The number of ether oxygens (including phenoxy) is 1. The maximum atomic E-state index is 11.2. The van der Waals surface area contributed by atoms with Gasteiger partial charge in [0.1, 0.15) is 0 Å². The molecule has 1 aromatic heterocycles. The Morgan fingerprint density at radius 1 is 1.73 bits per heavy atom. The number of carbonyl (C=O) groups is 1. The number of nitrogens with zero attached hydrogens (tertiary/aromatic N) is 2. The minimum absolute atomic E-state index is 0.327. The van der Waals surface area contributed by atoms with E-state index in [0.717, 1.165) is 12.2 Å². The van der Waals surface area contributed by atoms with Crippen LogP contribution in [0.4, 0.5) is 0 Å². The molecule has 0 saturated carbocycles. The van der Waals surface area contributed by atoms with E-state index in [1.54, 1.807) is 16.8 Å². The van der Waals surface area contributed by atoms with Crippen molar-refractivity contribution in [2.75, 3.05) is 7.11 Å². The molecule has 1 aromatic rings. The van der Waals surface area contributed by atoms with Gasteiger partial charge in [-0.2, -0.15) is 5.10 Å². The molecule has 0 aromatic carbocycles. The van der Waals surface area contributed by atoms with Gasteiger partial charge in [0.25, 0.3) is 0 Å². The molecule has 0 spiro atoms. The van der Waals surface area contributed by atoms with Gasteiger partial charge < -0.3 is 4.74 Å². The largest absolute Gasteiger partial charge is 0.464 e. The number of hydrogen-bond donors (Lipinski definition) is 0. The van der Waals surface area contributed by atoms with Gasteiger partial charge in [-0.15, -0.1) is 0 Å².